The molecule has 0 aliphatic carbocycles. The fraction of sp³-hybridized carbons (Fsp3) is 0.0625. The lowest BCUT2D eigenvalue weighted by Gasteiger charge is -2.13. The molecule has 2 aromatic carbocycles. The van der Waals surface area contributed by atoms with Gasteiger partial charge in [-0.25, -0.2) is 0 Å². The number of carbonyl (C=O) groups is 1. The smallest absolute Gasteiger partial charge is 0.275 e. The lowest BCUT2D eigenvalue weighted by atomic mass is 9.95. The minimum atomic E-state index is -1.42. The van der Waals surface area contributed by atoms with Crippen LogP contribution in [-0.4, -0.2) is 15.8 Å². The second-order valence-electron chi connectivity index (χ2n) is 4.44. The average molecular weight is 283 g/mol. The third-order valence-electron chi connectivity index (χ3n) is 3.09. The molecule has 2 rings (SSSR count). The first-order valence-corrected chi connectivity index (χ1v) is 6.22. The van der Waals surface area contributed by atoms with E-state index in [0.29, 0.717) is 5.56 Å². The second-order valence-corrected chi connectivity index (χ2v) is 4.44. The van der Waals surface area contributed by atoms with E-state index in [9.17, 15) is 20.0 Å². The Morgan fingerprint density at radius 1 is 1.10 bits per heavy atom. The number of rotatable bonds is 5. The number of nitro groups is 1. The summed E-state index contributed by atoms with van der Waals surface area (Å²) >= 11 is 0. The summed E-state index contributed by atoms with van der Waals surface area (Å²) in [6, 6.07) is 14.1. The third-order valence-corrected chi connectivity index (χ3v) is 3.09. The van der Waals surface area contributed by atoms with Crippen molar-refractivity contribution in [1.29, 1.82) is 0 Å². The minimum Gasteiger partial charge on any atom is -0.383 e. The van der Waals surface area contributed by atoms with Crippen molar-refractivity contribution < 1.29 is 14.8 Å². The zero-order valence-corrected chi connectivity index (χ0v) is 11.1. The number of aliphatic hydroxyl groups excluding tert-OH is 1. The Hall–Kier alpha value is -2.79. The lowest BCUT2D eigenvalue weighted by molar-refractivity contribution is -0.386. The standard InChI is InChI=1S/C16H13NO4/c1-11(15(18)12-7-3-2-4-8-12)16(19)13-9-5-6-10-14(13)17(20)21/h2-10,16,19H,1H2/t16-/m1/s1. The van der Waals surface area contributed by atoms with Gasteiger partial charge >= 0.3 is 0 Å². The molecule has 5 heteroatoms. The molecule has 0 heterocycles. The van der Waals surface area contributed by atoms with Crippen LogP contribution >= 0.6 is 0 Å². The van der Waals surface area contributed by atoms with Gasteiger partial charge in [0.1, 0.15) is 6.10 Å². The molecule has 2 aromatic rings. The highest BCUT2D eigenvalue weighted by Crippen LogP contribution is 2.30. The molecule has 0 fully saturated rings. The molecule has 21 heavy (non-hydrogen) atoms. The molecule has 1 N–H and O–H groups in total. The quantitative estimate of drug-likeness (QED) is 0.396. The molecule has 0 aromatic heterocycles. The van der Waals surface area contributed by atoms with Crippen LogP contribution in [0, 0.1) is 10.1 Å². The van der Waals surface area contributed by atoms with Crippen LogP contribution in [0.3, 0.4) is 0 Å². The average Bonchev–Trinajstić information content (AvgIpc) is 2.53. The fourth-order valence-corrected chi connectivity index (χ4v) is 1.97. The van der Waals surface area contributed by atoms with Crippen molar-refractivity contribution in [2.75, 3.05) is 0 Å². The van der Waals surface area contributed by atoms with Crippen molar-refractivity contribution >= 4 is 11.5 Å². The molecule has 0 radical (unpaired) electrons. The first-order chi connectivity index (χ1) is 10.0. The number of benzene rings is 2. The number of para-hydroxylation sites is 1. The van der Waals surface area contributed by atoms with Crippen molar-refractivity contribution in [1.82, 2.24) is 0 Å². The monoisotopic (exact) mass is 283 g/mol. The molecule has 1 atom stereocenters. The summed E-state index contributed by atoms with van der Waals surface area (Å²) in [6.07, 6.45) is -1.42. The first-order valence-electron chi connectivity index (χ1n) is 6.22. The van der Waals surface area contributed by atoms with Gasteiger partial charge in [-0.15, -0.1) is 0 Å². The Bertz CT molecular complexity index is 694. The molecule has 0 bridgehead atoms. The number of hydrogen-bond acceptors (Lipinski definition) is 4. The van der Waals surface area contributed by atoms with E-state index in [1.54, 1.807) is 36.4 Å². The van der Waals surface area contributed by atoms with Gasteiger partial charge in [0.15, 0.2) is 5.78 Å². The zero-order chi connectivity index (χ0) is 15.4. The van der Waals surface area contributed by atoms with E-state index in [4.69, 9.17) is 0 Å². The maximum atomic E-state index is 12.2. The van der Waals surface area contributed by atoms with Crippen LogP contribution in [0.15, 0.2) is 66.7 Å². The van der Waals surface area contributed by atoms with Crippen molar-refractivity contribution in [3.63, 3.8) is 0 Å². The van der Waals surface area contributed by atoms with Crippen LogP contribution in [0.25, 0.3) is 0 Å². The number of hydrogen-bond donors (Lipinski definition) is 1. The van der Waals surface area contributed by atoms with Gasteiger partial charge in [-0.1, -0.05) is 49.0 Å². The zero-order valence-electron chi connectivity index (χ0n) is 11.1. The summed E-state index contributed by atoms with van der Waals surface area (Å²) in [5.74, 6) is -0.443. The van der Waals surface area contributed by atoms with Gasteiger partial charge in [-0.05, 0) is 6.07 Å². The third kappa shape index (κ3) is 3.04. The normalized spacial score (nSPS) is 11.7. The van der Waals surface area contributed by atoms with Crippen LogP contribution < -0.4 is 0 Å². The summed E-state index contributed by atoms with van der Waals surface area (Å²) in [4.78, 5) is 22.6. The molecule has 0 spiro atoms. The Kier molecular flexibility index (Phi) is 4.25. The predicted octanol–water partition coefficient (Wildman–Crippen LogP) is 3.07. The Labute approximate surface area is 121 Å². The van der Waals surface area contributed by atoms with Gasteiger partial charge in [0, 0.05) is 17.2 Å². The summed E-state index contributed by atoms with van der Waals surface area (Å²) in [7, 11) is 0. The van der Waals surface area contributed by atoms with Crippen LogP contribution in [0.1, 0.15) is 22.0 Å². The van der Waals surface area contributed by atoms with Crippen molar-refractivity contribution in [3.8, 4) is 0 Å². The lowest BCUT2D eigenvalue weighted by Crippen LogP contribution is -2.12. The van der Waals surface area contributed by atoms with Crippen LogP contribution in [0.5, 0.6) is 0 Å². The van der Waals surface area contributed by atoms with E-state index in [1.165, 1.54) is 18.2 Å². The Morgan fingerprint density at radius 2 is 1.67 bits per heavy atom. The molecule has 0 saturated carbocycles. The van der Waals surface area contributed by atoms with Gasteiger partial charge in [0.2, 0.25) is 0 Å². The van der Waals surface area contributed by atoms with Gasteiger partial charge < -0.3 is 5.11 Å². The van der Waals surface area contributed by atoms with Crippen LogP contribution in [-0.2, 0) is 0 Å². The summed E-state index contributed by atoms with van der Waals surface area (Å²) in [5, 5.41) is 21.2. The molecular weight excluding hydrogens is 270 g/mol. The topological polar surface area (TPSA) is 80.4 Å². The van der Waals surface area contributed by atoms with E-state index >= 15 is 0 Å². The van der Waals surface area contributed by atoms with E-state index in [0.717, 1.165) is 0 Å². The summed E-state index contributed by atoms with van der Waals surface area (Å²) in [6.45, 7) is 3.59. The van der Waals surface area contributed by atoms with Crippen LogP contribution in [0.2, 0.25) is 0 Å². The number of nitro benzene ring substituents is 1. The van der Waals surface area contributed by atoms with Gasteiger partial charge in [-0.2, -0.15) is 0 Å². The number of ketones is 1. The predicted molar refractivity (Wildman–Crippen MR) is 78.0 cm³/mol. The van der Waals surface area contributed by atoms with E-state index in [1.807, 2.05) is 0 Å². The largest absolute Gasteiger partial charge is 0.383 e. The molecule has 0 aliphatic heterocycles. The van der Waals surface area contributed by atoms with E-state index in [-0.39, 0.29) is 16.8 Å². The number of carbonyl (C=O) groups excluding carboxylic acids is 1. The highest BCUT2D eigenvalue weighted by atomic mass is 16.6. The SMILES string of the molecule is C=C(C(=O)c1ccccc1)[C@@H](O)c1ccccc1[N+](=O)[O-]. The first kappa shape index (κ1) is 14.6. The highest BCUT2D eigenvalue weighted by Gasteiger charge is 2.25. The van der Waals surface area contributed by atoms with Gasteiger partial charge in [0.05, 0.1) is 10.5 Å². The maximum Gasteiger partial charge on any atom is 0.275 e. The molecule has 106 valence electrons. The summed E-state index contributed by atoms with van der Waals surface area (Å²) < 4.78 is 0. The fourth-order valence-electron chi connectivity index (χ4n) is 1.97. The molecular formula is C16H13NO4. The van der Waals surface area contributed by atoms with Crippen molar-refractivity contribution in [2.24, 2.45) is 0 Å². The number of Topliss-reactive ketones (excluding diaryl/α,β-unsaturated/α-hetero) is 1. The minimum absolute atomic E-state index is 0.0526. The molecule has 5 nitrogen and oxygen atoms in total. The van der Waals surface area contributed by atoms with Gasteiger partial charge in [0.25, 0.3) is 5.69 Å². The maximum absolute atomic E-state index is 12.2. The summed E-state index contributed by atoms with van der Waals surface area (Å²) in [5.41, 5.74) is 0.0828. The molecule has 0 amide bonds. The van der Waals surface area contributed by atoms with Gasteiger partial charge in [-0.3, -0.25) is 14.9 Å². The second kappa shape index (κ2) is 6.11. The Morgan fingerprint density at radius 3 is 2.29 bits per heavy atom. The number of nitrogens with zero attached hydrogens (tertiary/aromatic N) is 1. The molecule has 0 unspecified atom stereocenters. The Balaban J connectivity index is 2.32. The van der Waals surface area contributed by atoms with Crippen molar-refractivity contribution in [3.05, 3.63) is 88.0 Å². The van der Waals surface area contributed by atoms with E-state index < -0.39 is 16.8 Å². The molecule has 0 saturated heterocycles. The van der Waals surface area contributed by atoms with Crippen molar-refractivity contribution in [2.45, 2.75) is 6.10 Å². The van der Waals surface area contributed by atoms with E-state index in [2.05, 4.69) is 6.58 Å². The number of aliphatic hydroxyl groups is 1. The highest BCUT2D eigenvalue weighted by molar-refractivity contribution is 6.09. The van der Waals surface area contributed by atoms with Crippen LogP contribution in [0.4, 0.5) is 5.69 Å². The molecule has 0 aliphatic rings.